The molecule has 1 N–H and O–H groups in total. The number of aliphatic carboxylic acids is 1. The molecular weight excluding hydrogens is 355 g/mol. The minimum atomic E-state index is -0.949. The Morgan fingerprint density at radius 2 is 1.82 bits per heavy atom. The van der Waals surface area contributed by atoms with Crippen molar-refractivity contribution in [3.05, 3.63) is 71.2 Å². The maximum absolute atomic E-state index is 14.8. The summed E-state index contributed by atoms with van der Waals surface area (Å²) in [5.74, 6) is -1.70. The van der Waals surface area contributed by atoms with Crippen LogP contribution >= 0.6 is 0 Å². The third kappa shape index (κ3) is 3.93. The number of halogens is 1. The second kappa shape index (κ2) is 8.30. The number of carboxylic acids is 1. The standard InChI is InChI=1S/C23H23FN2O2/c1-4-8-18(23(27)28)20-15(3)25-22(16-9-6-5-7-10-16)26-21(20)17-12-11-14(2)13-19(17)24/h5-7,9-13,18H,4,8H2,1-3H3,(H,27,28). The molecular formula is C23H23FN2O2. The summed E-state index contributed by atoms with van der Waals surface area (Å²) in [4.78, 5) is 21.2. The van der Waals surface area contributed by atoms with E-state index in [4.69, 9.17) is 0 Å². The summed E-state index contributed by atoms with van der Waals surface area (Å²) in [7, 11) is 0. The number of carbonyl (C=O) groups is 1. The lowest BCUT2D eigenvalue weighted by atomic mass is 9.89. The van der Waals surface area contributed by atoms with Crippen molar-refractivity contribution in [3.8, 4) is 22.6 Å². The predicted molar refractivity (Wildman–Crippen MR) is 108 cm³/mol. The first-order chi connectivity index (χ1) is 13.4. The van der Waals surface area contributed by atoms with E-state index in [1.54, 1.807) is 19.1 Å². The predicted octanol–water partition coefficient (Wildman–Crippen LogP) is 5.53. The molecule has 3 aromatic rings. The molecule has 0 aliphatic rings. The van der Waals surface area contributed by atoms with E-state index in [-0.39, 0.29) is 0 Å². The van der Waals surface area contributed by atoms with Gasteiger partial charge in [0.15, 0.2) is 5.82 Å². The number of aromatic nitrogens is 2. The minimum absolute atomic E-state index is 0.297. The van der Waals surface area contributed by atoms with Gasteiger partial charge in [0.25, 0.3) is 0 Å². The van der Waals surface area contributed by atoms with Gasteiger partial charge >= 0.3 is 5.97 Å². The Morgan fingerprint density at radius 1 is 1.11 bits per heavy atom. The first-order valence-corrected chi connectivity index (χ1v) is 9.35. The van der Waals surface area contributed by atoms with Gasteiger partial charge in [-0.2, -0.15) is 0 Å². The fourth-order valence-corrected chi connectivity index (χ4v) is 3.41. The zero-order valence-electron chi connectivity index (χ0n) is 16.2. The number of aryl methyl sites for hydroxylation is 2. The average molecular weight is 378 g/mol. The van der Waals surface area contributed by atoms with Crippen LogP contribution in [-0.2, 0) is 4.79 Å². The van der Waals surface area contributed by atoms with E-state index in [9.17, 15) is 14.3 Å². The SMILES string of the molecule is CCCC(C(=O)O)c1c(C)nc(-c2ccccc2)nc1-c1ccc(C)cc1F. The van der Waals surface area contributed by atoms with Crippen molar-refractivity contribution in [2.45, 2.75) is 39.5 Å². The molecule has 0 amide bonds. The fraction of sp³-hybridized carbons (Fsp3) is 0.261. The molecule has 2 aromatic carbocycles. The zero-order valence-corrected chi connectivity index (χ0v) is 16.2. The lowest BCUT2D eigenvalue weighted by molar-refractivity contribution is -0.139. The van der Waals surface area contributed by atoms with Crippen molar-refractivity contribution in [2.24, 2.45) is 0 Å². The second-order valence-corrected chi connectivity index (χ2v) is 6.92. The van der Waals surface area contributed by atoms with E-state index >= 15 is 0 Å². The van der Waals surface area contributed by atoms with Crippen molar-refractivity contribution in [1.82, 2.24) is 9.97 Å². The summed E-state index contributed by atoms with van der Waals surface area (Å²) in [6, 6.07) is 14.3. The summed E-state index contributed by atoms with van der Waals surface area (Å²) in [6.45, 7) is 5.51. The monoisotopic (exact) mass is 378 g/mol. The lowest BCUT2D eigenvalue weighted by Crippen LogP contribution is -2.16. The molecule has 1 unspecified atom stereocenters. The Balaban J connectivity index is 2.30. The quantitative estimate of drug-likeness (QED) is 0.612. The van der Waals surface area contributed by atoms with Gasteiger partial charge in [0.05, 0.1) is 11.6 Å². The molecule has 28 heavy (non-hydrogen) atoms. The van der Waals surface area contributed by atoms with Crippen LogP contribution in [0.25, 0.3) is 22.6 Å². The Kier molecular flexibility index (Phi) is 5.83. The number of hydrogen-bond donors (Lipinski definition) is 1. The maximum atomic E-state index is 14.8. The van der Waals surface area contributed by atoms with E-state index in [1.807, 2.05) is 44.2 Å². The third-order valence-corrected chi connectivity index (χ3v) is 4.77. The minimum Gasteiger partial charge on any atom is -0.481 e. The molecule has 1 heterocycles. The van der Waals surface area contributed by atoms with Gasteiger partial charge in [0.1, 0.15) is 5.82 Å². The van der Waals surface area contributed by atoms with Gasteiger partial charge < -0.3 is 5.11 Å². The second-order valence-electron chi connectivity index (χ2n) is 6.92. The Bertz CT molecular complexity index is 1000. The van der Waals surface area contributed by atoms with Crippen LogP contribution in [0, 0.1) is 19.7 Å². The van der Waals surface area contributed by atoms with Gasteiger partial charge in [-0.15, -0.1) is 0 Å². The molecule has 0 spiro atoms. The Morgan fingerprint density at radius 3 is 2.43 bits per heavy atom. The van der Waals surface area contributed by atoms with Crippen molar-refractivity contribution in [3.63, 3.8) is 0 Å². The third-order valence-electron chi connectivity index (χ3n) is 4.77. The van der Waals surface area contributed by atoms with Crippen LogP contribution in [0.1, 0.15) is 42.5 Å². The lowest BCUT2D eigenvalue weighted by Gasteiger charge is -2.19. The highest BCUT2D eigenvalue weighted by Gasteiger charge is 2.28. The fourth-order valence-electron chi connectivity index (χ4n) is 3.41. The molecule has 1 atom stereocenters. The van der Waals surface area contributed by atoms with E-state index in [1.165, 1.54) is 6.07 Å². The summed E-state index contributed by atoms with van der Waals surface area (Å²) < 4.78 is 14.8. The van der Waals surface area contributed by atoms with Crippen molar-refractivity contribution < 1.29 is 14.3 Å². The Labute approximate surface area is 164 Å². The smallest absolute Gasteiger partial charge is 0.311 e. The van der Waals surface area contributed by atoms with Gasteiger partial charge in [0.2, 0.25) is 0 Å². The highest BCUT2D eigenvalue weighted by Crippen LogP contribution is 2.35. The summed E-state index contributed by atoms with van der Waals surface area (Å²) in [5.41, 5.74) is 3.28. The molecule has 5 heteroatoms. The topological polar surface area (TPSA) is 63.1 Å². The van der Waals surface area contributed by atoms with Crippen LogP contribution in [-0.4, -0.2) is 21.0 Å². The first kappa shape index (κ1) is 19.7. The molecule has 144 valence electrons. The number of nitrogens with zero attached hydrogens (tertiary/aromatic N) is 2. The normalized spacial score (nSPS) is 12.0. The maximum Gasteiger partial charge on any atom is 0.311 e. The summed E-state index contributed by atoms with van der Waals surface area (Å²) in [6.07, 6.45) is 1.12. The highest BCUT2D eigenvalue weighted by molar-refractivity contribution is 5.81. The van der Waals surface area contributed by atoms with Gasteiger partial charge in [-0.3, -0.25) is 4.79 Å². The molecule has 1 aromatic heterocycles. The van der Waals surface area contributed by atoms with Crippen molar-refractivity contribution in [1.29, 1.82) is 0 Å². The highest BCUT2D eigenvalue weighted by atomic mass is 19.1. The van der Waals surface area contributed by atoms with Crippen LogP contribution in [0.2, 0.25) is 0 Å². The molecule has 0 saturated carbocycles. The molecule has 0 saturated heterocycles. The Hall–Kier alpha value is -3.08. The molecule has 0 radical (unpaired) electrons. The molecule has 0 fully saturated rings. The average Bonchev–Trinajstić information content (AvgIpc) is 2.66. The van der Waals surface area contributed by atoms with Crippen LogP contribution in [0.4, 0.5) is 4.39 Å². The zero-order chi connectivity index (χ0) is 20.3. The van der Waals surface area contributed by atoms with E-state index in [2.05, 4.69) is 9.97 Å². The van der Waals surface area contributed by atoms with Crippen LogP contribution < -0.4 is 0 Å². The molecule has 0 aliphatic carbocycles. The van der Waals surface area contributed by atoms with E-state index < -0.39 is 17.7 Å². The van der Waals surface area contributed by atoms with Crippen molar-refractivity contribution in [2.75, 3.05) is 0 Å². The van der Waals surface area contributed by atoms with Crippen LogP contribution in [0.3, 0.4) is 0 Å². The van der Waals surface area contributed by atoms with Crippen molar-refractivity contribution >= 4 is 5.97 Å². The number of rotatable bonds is 6. The van der Waals surface area contributed by atoms with Gasteiger partial charge in [0, 0.05) is 22.4 Å². The summed E-state index contributed by atoms with van der Waals surface area (Å²) >= 11 is 0. The van der Waals surface area contributed by atoms with Crippen LogP contribution in [0.5, 0.6) is 0 Å². The van der Waals surface area contributed by atoms with Gasteiger partial charge in [-0.25, -0.2) is 14.4 Å². The largest absolute Gasteiger partial charge is 0.481 e. The van der Waals surface area contributed by atoms with Gasteiger partial charge in [-0.05, 0) is 38.0 Å². The molecule has 3 rings (SSSR count). The number of hydrogen-bond acceptors (Lipinski definition) is 3. The summed E-state index contributed by atoms with van der Waals surface area (Å²) in [5, 5.41) is 9.80. The van der Waals surface area contributed by atoms with Gasteiger partial charge in [-0.1, -0.05) is 49.7 Å². The van der Waals surface area contributed by atoms with Crippen LogP contribution in [0.15, 0.2) is 48.5 Å². The van der Waals surface area contributed by atoms with E-state index in [0.29, 0.717) is 41.2 Å². The molecule has 0 bridgehead atoms. The number of benzene rings is 2. The van der Waals surface area contributed by atoms with E-state index in [0.717, 1.165) is 11.1 Å². The first-order valence-electron chi connectivity index (χ1n) is 9.35. The molecule has 4 nitrogen and oxygen atoms in total. The number of carboxylic acid groups (broad SMARTS) is 1. The molecule has 0 aliphatic heterocycles.